The topological polar surface area (TPSA) is 41.9 Å². The Kier molecular flexibility index (Phi) is 6.11. The molecule has 148 valence electrons. The number of carbonyl (C=O) groups is 1. The van der Waals surface area contributed by atoms with Gasteiger partial charge in [-0.2, -0.15) is 0 Å². The number of para-hydroxylation sites is 2. The van der Waals surface area contributed by atoms with E-state index in [0.29, 0.717) is 16.7 Å². The highest BCUT2D eigenvalue weighted by Crippen LogP contribution is 2.37. The van der Waals surface area contributed by atoms with Gasteiger partial charge in [0.05, 0.1) is 16.3 Å². The third-order valence-corrected chi connectivity index (χ3v) is 5.32. The van der Waals surface area contributed by atoms with E-state index in [4.69, 9.17) is 9.73 Å². The van der Waals surface area contributed by atoms with Crippen molar-refractivity contribution in [2.24, 2.45) is 4.99 Å². The van der Waals surface area contributed by atoms with Crippen LogP contribution in [0.15, 0.2) is 107 Å². The molecular formula is C25H20N2O2S. The number of amides is 1. The molecule has 5 heteroatoms. The largest absolute Gasteiger partial charge is 0.490 e. The molecule has 0 saturated carbocycles. The molecule has 0 unspecified atom stereocenters. The summed E-state index contributed by atoms with van der Waals surface area (Å²) in [5.41, 5.74) is 2.52. The highest BCUT2D eigenvalue weighted by Gasteiger charge is 2.34. The zero-order chi connectivity index (χ0) is 20.8. The van der Waals surface area contributed by atoms with Crippen LogP contribution in [0.2, 0.25) is 0 Å². The Labute approximate surface area is 180 Å². The lowest BCUT2D eigenvalue weighted by Crippen LogP contribution is -2.28. The number of amidine groups is 1. The maximum Gasteiger partial charge on any atom is 0.271 e. The molecular weight excluding hydrogens is 392 g/mol. The average molecular weight is 413 g/mol. The van der Waals surface area contributed by atoms with Gasteiger partial charge in [0, 0.05) is 0 Å². The Balaban J connectivity index is 1.66. The predicted molar refractivity (Wildman–Crippen MR) is 125 cm³/mol. The van der Waals surface area contributed by atoms with E-state index < -0.39 is 0 Å². The molecule has 0 atom stereocenters. The van der Waals surface area contributed by atoms with Crippen molar-refractivity contribution in [2.45, 2.75) is 0 Å². The second-order valence-electron chi connectivity index (χ2n) is 6.49. The number of hydrogen-bond acceptors (Lipinski definition) is 4. The number of benzene rings is 3. The lowest BCUT2D eigenvalue weighted by molar-refractivity contribution is -0.113. The van der Waals surface area contributed by atoms with Crippen molar-refractivity contribution in [2.75, 3.05) is 11.5 Å². The predicted octanol–water partition coefficient (Wildman–Crippen LogP) is 6.06. The first-order chi connectivity index (χ1) is 14.7. The minimum absolute atomic E-state index is 0.0899. The summed E-state index contributed by atoms with van der Waals surface area (Å²) in [5, 5.41) is 0.634. The van der Waals surface area contributed by atoms with E-state index in [1.807, 2.05) is 91.0 Å². The molecule has 0 radical (unpaired) electrons. The quantitative estimate of drug-likeness (QED) is 0.365. The molecule has 0 spiro atoms. The Morgan fingerprint density at radius 3 is 2.27 bits per heavy atom. The van der Waals surface area contributed by atoms with Gasteiger partial charge in [-0.3, -0.25) is 9.69 Å². The Bertz CT molecular complexity index is 1090. The van der Waals surface area contributed by atoms with E-state index >= 15 is 0 Å². The van der Waals surface area contributed by atoms with Crippen LogP contribution >= 0.6 is 11.8 Å². The third-order valence-electron chi connectivity index (χ3n) is 4.35. The van der Waals surface area contributed by atoms with Crippen molar-refractivity contribution in [3.8, 4) is 5.75 Å². The molecule has 3 aromatic rings. The van der Waals surface area contributed by atoms with Crippen LogP contribution in [0.1, 0.15) is 5.56 Å². The number of rotatable bonds is 6. The molecule has 4 nitrogen and oxygen atoms in total. The first kappa shape index (κ1) is 19.7. The van der Waals surface area contributed by atoms with E-state index in [1.54, 1.807) is 11.0 Å². The molecule has 1 fully saturated rings. The minimum Gasteiger partial charge on any atom is -0.490 e. The SMILES string of the molecule is C=CCOc1ccc(/C=C2/SC(=Nc3ccccc3)N(c3ccccc3)C2=O)cc1. The lowest BCUT2D eigenvalue weighted by atomic mass is 10.2. The van der Waals surface area contributed by atoms with Crippen molar-refractivity contribution in [1.29, 1.82) is 0 Å². The average Bonchev–Trinajstić information content (AvgIpc) is 3.09. The van der Waals surface area contributed by atoms with Gasteiger partial charge < -0.3 is 4.74 Å². The van der Waals surface area contributed by atoms with Crippen molar-refractivity contribution in [3.63, 3.8) is 0 Å². The van der Waals surface area contributed by atoms with Crippen molar-refractivity contribution in [1.82, 2.24) is 0 Å². The van der Waals surface area contributed by atoms with Crippen LogP contribution in [0.3, 0.4) is 0 Å². The molecule has 0 bridgehead atoms. The Morgan fingerprint density at radius 2 is 1.60 bits per heavy atom. The number of aliphatic imine (C=N–C) groups is 1. The van der Waals surface area contributed by atoms with Crippen molar-refractivity contribution in [3.05, 3.63) is 108 Å². The van der Waals surface area contributed by atoms with E-state index in [0.717, 1.165) is 22.7 Å². The molecule has 0 aliphatic carbocycles. The normalized spacial score (nSPS) is 16.3. The van der Waals surface area contributed by atoms with Crippen LogP contribution in [0.5, 0.6) is 5.75 Å². The first-order valence-corrected chi connectivity index (χ1v) is 10.3. The fraction of sp³-hybridized carbons (Fsp3) is 0.0400. The highest BCUT2D eigenvalue weighted by atomic mass is 32.2. The standard InChI is InChI=1S/C25H20N2O2S/c1-2-17-29-22-15-13-19(14-16-22)18-23-24(28)27(21-11-7-4-8-12-21)25(30-23)26-20-9-5-3-6-10-20/h2-16,18H,1,17H2/b23-18+,26-25?. The van der Waals surface area contributed by atoms with E-state index in [9.17, 15) is 4.79 Å². The monoisotopic (exact) mass is 412 g/mol. The number of nitrogens with zero attached hydrogens (tertiary/aromatic N) is 2. The molecule has 3 aromatic carbocycles. The van der Waals surface area contributed by atoms with Gasteiger partial charge in [0.25, 0.3) is 5.91 Å². The van der Waals surface area contributed by atoms with Crippen LogP contribution in [0.4, 0.5) is 11.4 Å². The molecule has 1 aliphatic rings. The van der Waals surface area contributed by atoms with Gasteiger partial charge in [-0.1, -0.05) is 61.2 Å². The third kappa shape index (κ3) is 4.53. The fourth-order valence-corrected chi connectivity index (χ4v) is 3.93. The molecule has 4 rings (SSSR count). The molecule has 1 saturated heterocycles. The highest BCUT2D eigenvalue weighted by molar-refractivity contribution is 8.19. The van der Waals surface area contributed by atoms with E-state index in [-0.39, 0.29) is 5.91 Å². The Morgan fingerprint density at radius 1 is 0.933 bits per heavy atom. The summed E-state index contributed by atoms with van der Waals surface area (Å²) in [6.07, 6.45) is 3.59. The van der Waals surface area contributed by atoms with Gasteiger partial charge in [0.15, 0.2) is 5.17 Å². The summed E-state index contributed by atoms with van der Waals surface area (Å²) in [6, 6.07) is 26.8. The van der Waals surface area contributed by atoms with Gasteiger partial charge in [-0.15, -0.1) is 0 Å². The Hall–Kier alpha value is -3.57. The van der Waals surface area contributed by atoms with Gasteiger partial charge in [-0.25, -0.2) is 4.99 Å². The number of ether oxygens (including phenoxy) is 1. The summed E-state index contributed by atoms with van der Waals surface area (Å²) >= 11 is 1.37. The smallest absolute Gasteiger partial charge is 0.271 e. The molecule has 0 aromatic heterocycles. The first-order valence-electron chi connectivity index (χ1n) is 9.51. The molecule has 30 heavy (non-hydrogen) atoms. The maximum absolute atomic E-state index is 13.2. The second-order valence-corrected chi connectivity index (χ2v) is 7.49. The summed E-state index contributed by atoms with van der Waals surface area (Å²) in [6.45, 7) is 4.11. The zero-order valence-electron chi connectivity index (χ0n) is 16.3. The number of thioether (sulfide) groups is 1. The van der Waals surface area contributed by atoms with Crippen molar-refractivity contribution < 1.29 is 9.53 Å². The van der Waals surface area contributed by atoms with Crippen LogP contribution in [-0.2, 0) is 4.79 Å². The van der Waals surface area contributed by atoms with Crippen LogP contribution < -0.4 is 9.64 Å². The van der Waals surface area contributed by atoms with Gasteiger partial charge in [0.1, 0.15) is 12.4 Å². The molecule has 1 amide bonds. The zero-order valence-corrected chi connectivity index (χ0v) is 17.1. The molecule has 1 heterocycles. The van der Waals surface area contributed by atoms with Gasteiger partial charge in [-0.05, 0) is 59.8 Å². The fourth-order valence-electron chi connectivity index (χ4n) is 2.93. The summed E-state index contributed by atoms with van der Waals surface area (Å²) in [7, 11) is 0. The maximum atomic E-state index is 13.2. The van der Waals surface area contributed by atoms with E-state index in [1.165, 1.54) is 11.8 Å². The van der Waals surface area contributed by atoms with Crippen LogP contribution in [-0.4, -0.2) is 17.7 Å². The minimum atomic E-state index is -0.0899. The molecule has 0 N–H and O–H groups in total. The van der Waals surface area contributed by atoms with Gasteiger partial charge >= 0.3 is 0 Å². The second kappa shape index (κ2) is 9.29. The summed E-state index contributed by atoms with van der Waals surface area (Å²) in [5.74, 6) is 0.674. The van der Waals surface area contributed by atoms with Gasteiger partial charge in [0.2, 0.25) is 0 Å². The summed E-state index contributed by atoms with van der Waals surface area (Å²) in [4.78, 5) is 20.2. The number of carbonyl (C=O) groups excluding carboxylic acids is 1. The van der Waals surface area contributed by atoms with Crippen molar-refractivity contribution >= 4 is 40.3 Å². The lowest BCUT2D eigenvalue weighted by Gasteiger charge is -2.15. The number of anilines is 1. The van der Waals surface area contributed by atoms with Crippen LogP contribution in [0.25, 0.3) is 6.08 Å². The van der Waals surface area contributed by atoms with Crippen LogP contribution in [0, 0.1) is 0 Å². The van der Waals surface area contributed by atoms with E-state index in [2.05, 4.69) is 6.58 Å². The molecule has 1 aliphatic heterocycles. The number of hydrogen-bond donors (Lipinski definition) is 0. The summed E-state index contributed by atoms with van der Waals surface area (Å²) < 4.78 is 5.52.